The fourth-order valence-electron chi connectivity index (χ4n) is 5.13. The van der Waals surface area contributed by atoms with Crippen LogP contribution in [0.4, 0.5) is 0 Å². The van der Waals surface area contributed by atoms with Crippen LogP contribution in [-0.4, -0.2) is 5.78 Å². The Hall–Kier alpha value is -1.89. The molecule has 1 heteroatoms. The number of aryl methyl sites for hydroxylation is 2. The number of allylic oxidation sites excluding steroid dienone is 2. The molecule has 0 N–H and O–H groups in total. The van der Waals surface area contributed by atoms with Gasteiger partial charge in [0.1, 0.15) is 0 Å². The van der Waals surface area contributed by atoms with Crippen LogP contribution >= 0.6 is 0 Å². The SMILES string of the molecule is Cc1ccc2cc3c(cc2c1)C(=O)C1(CC3)CC2C=CC1C2. The van der Waals surface area contributed by atoms with Gasteiger partial charge in [0.15, 0.2) is 5.78 Å². The molecular formula is C21H20O. The van der Waals surface area contributed by atoms with Crippen LogP contribution in [0.1, 0.15) is 40.7 Å². The van der Waals surface area contributed by atoms with Crippen LogP contribution in [0.15, 0.2) is 42.5 Å². The van der Waals surface area contributed by atoms with Crippen LogP contribution in [0, 0.1) is 24.2 Å². The third kappa shape index (κ3) is 1.52. The van der Waals surface area contributed by atoms with Gasteiger partial charge in [0.05, 0.1) is 0 Å². The second kappa shape index (κ2) is 4.10. The Kier molecular flexibility index (Phi) is 2.35. The molecule has 3 atom stereocenters. The quantitative estimate of drug-likeness (QED) is 0.633. The summed E-state index contributed by atoms with van der Waals surface area (Å²) in [5.41, 5.74) is 3.45. The molecule has 0 aliphatic heterocycles. The third-order valence-corrected chi connectivity index (χ3v) is 6.26. The smallest absolute Gasteiger partial charge is 0.169 e. The fourth-order valence-corrected chi connectivity index (χ4v) is 5.13. The van der Waals surface area contributed by atoms with E-state index in [9.17, 15) is 4.79 Å². The first kappa shape index (κ1) is 12.6. The van der Waals surface area contributed by atoms with E-state index in [-0.39, 0.29) is 5.41 Å². The van der Waals surface area contributed by atoms with Crippen molar-refractivity contribution < 1.29 is 4.79 Å². The lowest BCUT2D eigenvalue weighted by Gasteiger charge is -2.38. The van der Waals surface area contributed by atoms with Gasteiger partial charge in [0.2, 0.25) is 0 Å². The maximum atomic E-state index is 13.3. The van der Waals surface area contributed by atoms with Gasteiger partial charge in [-0.15, -0.1) is 0 Å². The summed E-state index contributed by atoms with van der Waals surface area (Å²) in [4.78, 5) is 13.3. The number of rotatable bonds is 0. The van der Waals surface area contributed by atoms with Gasteiger partial charge in [-0.1, -0.05) is 42.0 Å². The molecule has 2 aromatic rings. The molecule has 1 fully saturated rings. The molecule has 2 aromatic carbocycles. The Morgan fingerprint density at radius 2 is 2.00 bits per heavy atom. The molecule has 3 unspecified atom stereocenters. The Labute approximate surface area is 131 Å². The molecule has 0 radical (unpaired) electrons. The van der Waals surface area contributed by atoms with Gasteiger partial charge < -0.3 is 0 Å². The lowest BCUT2D eigenvalue weighted by molar-refractivity contribution is 0.0703. The van der Waals surface area contributed by atoms with Gasteiger partial charge in [-0.05, 0) is 66.8 Å². The standard InChI is InChI=1S/C21H20O/c1-13-2-4-15-10-16-6-7-21(12-14-3-5-18(21)9-14)20(22)19(16)11-17(15)8-13/h2-5,8,10-11,14,18H,6-7,9,12H2,1H3. The summed E-state index contributed by atoms with van der Waals surface area (Å²) in [6.45, 7) is 2.11. The summed E-state index contributed by atoms with van der Waals surface area (Å²) in [6.07, 6.45) is 9.04. The minimum atomic E-state index is -0.0794. The van der Waals surface area contributed by atoms with Crippen LogP contribution in [0.25, 0.3) is 10.8 Å². The van der Waals surface area contributed by atoms with E-state index in [0.717, 1.165) is 24.8 Å². The van der Waals surface area contributed by atoms with Crippen molar-refractivity contribution in [2.24, 2.45) is 17.3 Å². The molecule has 3 aliphatic rings. The van der Waals surface area contributed by atoms with E-state index >= 15 is 0 Å². The van der Waals surface area contributed by atoms with Crippen LogP contribution in [0.5, 0.6) is 0 Å². The predicted molar refractivity (Wildman–Crippen MR) is 89.1 cm³/mol. The van der Waals surface area contributed by atoms with Gasteiger partial charge in [0, 0.05) is 11.0 Å². The zero-order valence-electron chi connectivity index (χ0n) is 12.9. The van der Waals surface area contributed by atoms with Crippen molar-refractivity contribution in [1.82, 2.24) is 0 Å². The van der Waals surface area contributed by atoms with Crippen LogP contribution in [-0.2, 0) is 6.42 Å². The van der Waals surface area contributed by atoms with Gasteiger partial charge in [-0.2, -0.15) is 0 Å². The molecule has 0 saturated heterocycles. The average Bonchev–Trinajstić information content (AvgIpc) is 3.11. The summed E-state index contributed by atoms with van der Waals surface area (Å²) in [5.74, 6) is 1.57. The predicted octanol–water partition coefficient (Wildman–Crippen LogP) is 4.86. The highest BCUT2D eigenvalue weighted by Gasteiger charge is 2.54. The molecule has 3 aliphatic carbocycles. The second-order valence-corrected chi connectivity index (χ2v) is 7.54. The summed E-state index contributed by atoms with van der Waals surface area (Å²) in [6, 6.07) is 10.9. The van der Waals surface area contributed by atoms with E-state index in [1.54, 1.807) is 0 Å². The highest BCUT2D eigenvalue weighted by molar-refractivity contribution is 6.06. The number of benzene rings is 2. The Morgan fingerprint density at radius 3 is 2.77 bits per heavy atom. The highest BCUT2D eigenvalue weighted by Crippen LogP contribution is 2.57. The van der Waals surface area contributed by atoms with Crippen molar-refractivity contribution in [3.63, 3.8) is 0 Å². The topological polar surface area (TPSA) is 17.1 Å². The summed E-state index contributed by atoms with van der Waals surface area (Å²) in [5, 5.41) is 2.48. The maximum Gasteiger partial charge on any atom is 0.169 e. The maximum absolute atomic E-state index is 13.3. The summed E-state index contributed by atoms with van der Waals surface area (Å²) >= 11 is 0. The number of ketones is 1. The Balaban J connectivity index is 1.68. The first-order valence-corrected chi connectivity index (χ1v) is 8.42. The number of fused-ring (bicyclic) bond motifs is 5. The molecule has 110 valence electrons. The number of hydrogen-bond donors (Lipinski definition) is 0. The second-order valence-electron chi connectivity index (χ2n) is 7.54. The minimum Gasteiger partial charge on any atom is -0.294 e. The molecule has 0 aromatic heterocycles. The molecule has 1 saturated carbocycles. The number of carbonyl (C=O) groups excluding carboxylic acids is 1. The van der Waals surface area contributed by atoms with Gasteiger partial charge >= 0.3 is 0 Å². The average molecular weight is 288 g/mol. The molecule has 2 bridgehead atoms. The monoisotopic (exact) mass is 288 g/mol. The van der Waals surface area contributed by atoms with Crippen LogP contribution < -0.4 is 0 Å². The van der Waals surface area contributed by atoms with Gasteiger partial charge in [-0.25, -0.2) is 0 Å². The molecule has 0 amide bonds. The highest BCUT2D eigenvalue weighted by atomic mass is 16.1. The summed E-state index contributed by atoms with van der Waals surface area (Å²) in [7, 11) is 0. The molecule has 1 spiro atoms. The number of hydrogen-bond acceptors (Lipinski definition) is 1. The van der Waals surface area contributed by atoms with E-state index in [0.29, 0.717) is 17.6 Å². The van der Waals surface area contributed by atoms with Crippen molar-refractivity contribution in [2.75, 3.05) is 0 Å². The molecule has 1 nitrogen and oxygen atoms in total. The lowest BCUT2D eigenvalue weighted by Crippen LogP contribution is -2.39. The van der Waals surface area contributed by atoms with Crippen molar-refractivity contribution in [3.8, 4) is 0 Å². The first-order chi connectivity index (χ1) is 10.7. The Morgan fingerprint density at radius 1 is 1.09 bits per heavy atom. The third-order valence-electron chi connectivity index (χ3n) is 6.26. The van der Waals surface area contributed by atoms with Crippen LogP contribution in [0.3, 0.4) is 0 Å². The molecule has 0 heterocycles. The van der Waals surface area contributed by atoms with Crippen LogP contribution in [0.2, 0.25) is 0 Å². The van der Waals surface area contributed by atoms with Gasteiger partial charge in [0.25, 0.3) is 0 Å². The normalized spacial score (nSPS) is 32.1. The zero-order chi connectivity index (χ0) is 14.9. The molecule has 22 heavy (non-hydrogen) atoms. The zero-order valence-corrected chi connectivity index (χ0v) is 12.9. The van der Waals surface area contributed by atoms with Crippen molar-refractivity contribution in [2.45, 2.75) is 32.6 Å². The lowest BCUT2D eigenvalue weighted by atomic mass is 9.63. The van der Waals surface area contributed by atoms with E-state index in [2.05, 4.69) is 49.4 Å². The fraction of sp³-hybridized carbons (Fsp3) is 0.381. The van der Waals surface area contributed by atoms with Crippen molar-refractivity contribution >= 4 is 16.6 Å². The molecular weight excluding hydrogens is 268 g/mol. The van der Waals surface area contributed by atoms with E-state index in [1.807, 2.05) is 0 Å². The van der Waals surface area contributed by atoms with E-state index in [4.69, 9.17) is 0 Å². The number of carbonyl (C=O) groups is 1. The summed E-state index contributed by atoms with van der Waals surface area (Å²) < 4.78 is 0. The minimum absolute atomic E-state index is 0.0794. The van der Waals surface area contributed by atoms with Crippen molar-refractivity contribution in [3.05, 3.63) is 59.2 Å². The van der Waals surface area contributed by atoms with E-state index in [1.165, 1.54) is 28.3 Å². The Bertz CT molecular complexity index is 844. The largest absolute Gasteiger partial charge is 0.294 e. The molecule has 5 rings (SSSR count). The van der Waals surface area contributed by atoms with Gasteiger partial charge in [-0.3, -0.25) is 4.79 Å². The van der Waals surface area contributed by atoms with Crippen molar-refractivity contribution in [1.29, 1.82) is 0 Å². The first-order valence-electron chi connectivity index (χ1n) is 8.42. The number of Topliss-reactive ketones (excluding diaryl/α,β-unsaturated/α-hetero) is 1. The van der Waals surface area contributed by atoms with E-state index < -0.39 is 0 Å².